The van der Waals surface area contributed by atoms with E-state index in [0.717, 1.165) is 57.8 Å². The molecule has 0 aliphatic heterocycles. The van der Waals surface area contributed by atoms with Crippen molar-refractivity contribution < 1.29 is 24.2 Å². The molecule has 0 heterocycles. The van der Waals surface area contributed by atoms with Crippen molar-refractivity contribution in [3.63, 3.8) is 0 Å². The van der Waals surface area contributed by atoms with Crippen molar-refractivity contribution in [2.24, 2.45) is 0 Å². The van der Waals surface area contributed by atoms with E-state index in [9.17, 15) is 14.7 Å². The number of ether oxygens (including phenoxy) is 2. The van der Waals surface area contributed by atoms with Gasteiger partial charge in [0.1, 0.15) is 6.61 Å². The van der Waals surface area contributed by atoms with Gasteiger partial charge in [0.2, 0.25) is 0 Å². The van der Waals surface area contributed by atoms with Crippen LogP contribution in [-0.4, -0.2) is 36.4 Å². The fourth-order valence-electron chi connectivity index (χ4n) is 7.74. The van der Waals surface area contributed by atoms with Gasteiger partial charge < -0.3 is 14.6 Å². The summed E-state index contributed by atoms with van der Waals surface area (Å²) in [5.41, 5.74) is 0. The number of rotatable bonds is 48. The van der Waals surface area contributed by atoms with Crippen LogP contribution in [0.4, 0.5) is 0 Å². The van der Waals surface area contributed by atoms with Gasteiger partial charge in [-0.2, -0.15) is 0 Å². The predicted octanol–water partition coefficient (Wildman–Crippen LogP) is 17.1. The van der Waals surface area contributed by atoms with Crippen molar-refractivity contribution in [3.8, 4) is 0 Å². The Morgan fingerprint density at radius 3 is 1.05 bits per heavy atom. The van der Waals surface area contributed by atoms with Crippen LogP contribution in [0.15, 0.2) is 36.5 Å². The highest BCUT2D eigenvalue weighted by molar-refractivity contribution is 5.70. The monoisotopic (exact) mass is 829 g/mol. The quantitative estimate of drug-likeness (QED) is 0.0376. The van der Waals surface area contributed by atoms with Gasteiger partial charge in [-0.05, 0) is 51.4 Å². The molecule has 0 spiro atoms. The minimum Gasteiger partial charge on any atom is -0.462 e. The molecule has 0 aliphatic rings. The van der Waals surface area contributed by atoms with Gasteiger partial charge >= 0.3 is 11.9 Å². The fourth-order valence-corrected chi connectivity index (χ4v) is 7.74. The van der Waals surface area contributed by atoms with Gasteiger partial charge in [-0.3, -0.25) is 9.59 Å². The molecule has 1 N–H and O–H groups in total. The molecule has 0 aliphatic carbocycles. The number of hydrogen-bond acceptors (Lipinski definition) is 5. The fraction of sp³-hybridized carbons (Fsp3) is 0.852. The molecule has 0 aromatic rings. The molecule has 5 nitrogen and oxygen atoms in total. The van der Waals surface area contributed by atoms with Gasteiger partial charge in [0, 0.05) is 12.8 Å². The number of hydrogen-bond donors (Lipinski definition) is 1. The van der Waals surface area contributed by atoms with Gasteiger partial charge in [-0.1, -0.05) is 249 Å². The summed E-state index contributed by atoms with van der Waals surface area (Å²) in [7, 11) is 0. The lowest BCUT2D eigenvalue weighted by Crippen LogP contribution is -2.28. The largest absolute Gasteiger partial charge is 0.462 e. The van der Waals surface area contributed by atoms with Gasteiger partial charge in [0.05, 0.1) is 6.61 Å². The predicted molar refractivity (Wildman–Crippen MR) is 256 cm³/mol. The standard InChI is InChI=1S/C54H100O5/c1-3-5-7-9-11-13-15-17-19-21-23-24-25-26-27-28-29-31-32-34-36-38-40-42-44-46-48-53(56)58-51-52(50-55)59-54(57)49-47-45-43-41-39-37-35-33-30-22-20-18-16-14-12-10-8-6-4-2/h12,14,18,20,30,33,52,55H,3-11,13,15-17,19,21-29,31-32,34-51H2,1-2H3/b14-12-,20-18-,33-30-. The minimum atomic E-state index is -0.777. The summed E-state index contributed by atoms with van der Waals surface area (Å²) in [5, 5.41) is 9.62. The summed E-state index contributed by atoms with van der Waals surface area (Å²) in [4.78, 5) is 24.4. The second-order valence-electron chi connectivity index (χ2n) is 17.6. The second-order valence-corrected chi connectivity index (χ2v) is 17.6. The molecule has 1 unspecified atom stereocenters. The molecule has 0 radical (unpaired) electrons. The lowest BCUT2D eigenvalue weighted by Gasteiger charge is -2.15. The summed E-state index contributed by atoms with van der Waals surface area (Å²) >= 11 is 0. The number of carbonyl (C=O) groups is 2. The van der Waals surface area contributed by atoms with Crippen molar-refractivity contribution in [1.82, 2.24) is 0 Å². The van der Waals surface area contributed by atoms with Crippen LogP contribution < -0.4 is 0 Å². The summed E-state index contributed by atoms with van der Waals surface area (Å²) in [6, 6.07) is 0. The van der Waals surface area contributed by atoms with E-state index in [2.05, 4.69) is 50.3 Å². The lowest BCUT2D eigenvalue weighted by molar-refractivity contribution is -0.161. The average molecular weight is 829 g/mol. The van der Waals surface area contributed by atoms with Crippen molar-refractivity contribution >= 4 is 11.9 Å². The number of esters is 2. The van der Waals surface area contributed by atoms with Crippen LogP contribution in [-0.2, 0) is 19.1 Å². The molecular weight excluding hydrogens is 729 g/mol. The number of unbranched alkanes of at least 4 members (excludes halogenated alkanes) is 34. The first-order chi connectivity index (χ1) is 29.1. The maximum Gasteiger partial charge on any atom is 0.306 e. The summed E-state index contributed by atoms with van der Waals surface area (Å²) < 4.78 is 10.7. The van der Waals surface area contributed by atoms with E-state index in [1.807, 2.05) is 0 Å². The van der Waals surface area contributed by atoms with Crippen LogP contribution in [0.1, 0.15) is 277 Å². The zero-order valence-corrected chi connectivity index (χ0v) is 39.5. The highest BCUT2D eigenvalue weighted by Crippen LogP contribution is 2.17. The molecule has 346 valence electrons. The Morgan fingerprint density at radius 2 is 0.678 bits per heavy atom. The third-order valence-electron chi connectivity index (χ3n) is 11.7. The van der Waals surface area contributed by atoms with Gasteiger partial charge in [0.15, 0.2) is 6.10 Å². The van der Waals surface area contributed by atoms with Crippen LogP contribution in [0.2, 0.25) is 0 Å². The van der Waals surface area contributed by atoms with E-state index in [1.165, 1.54) is 193 Å². The summed E-state index contributed by atoms with van der Waals surface area (Å²) in [6.07, 6.45) is 63.9. The number of aliphatic hydroxyl groups is 1. The third kappa shape index (κ3) is 48.7. The molecule has 0 bridgehead atoms. The highest BCUT2D eigenvalue weighted by atomic mass is 16.6. The van der Waals surface area contributed by atoms with Crippen LogP contribution in [0.3, 0.4) is 0 Å². The van der Waals surface area contributed by atoms with Crippen molar-refractivity contribution in [1.29, 1.82) is 0 Å². The van der Waals surface area contributed by atoms with Crippen LogP contribution in [0, 0.1) is 0 Å². The Balaban J connectivity index is 3.46. The van der Waals surface area contributed by atoms with Crippen LogP contribution >= 0.6 is 0 Å². The summed E-state index contributed by atoms with van der Waals surface area (Å²) in [6.45, 7) is 4.14. The van der Waals surface area contributed by atoms with Gasteiger partial charge in [-0.25, -0.2) is 0 Å². The molecule has 5 heteroatoms. The molecule has 0 saturated heterocycles. The maximum atomic E-state index is 12.2. The van der Waals surface area contributed by atoms with Crippen LogP contribution in [0.5, 0.6) is 0 Å². The highest BCUT2D eigenvalue weighted by Gasteiger charge is 2.16. The topological polar surface area (TPSA) is 72.8 Å². The van der Waals surface area contributed by atoms with Crippen molar-refractivity contribution in [2.45, 2.75) is 283 Å². The van der Waals surface area contributed by atoms with E-state index in [0.29, 0.717) is 12.8 Å². The maximum absolute atomic E-state index is 12.2. The van der Waals surface area contributed by atoms with Crippen LogP contribution in [0.25, 0.3) is 0 Å². The smallest absolute Gasteiger partial charge is 0.306 e. The summed E-state index contributed by atoms with van der Waals surface area (Å²) in [5.74, 6) is -0.592. The Bertz CT molecular complexity index is 939. The van der Waals surface area contributed by atoms with Gasteiger partial charge in [-0.15, -0.1) is 0 Å². The lowest BCUT2D eigenvalue weighted by atomic mass is 10.0. The van der Waals surface area contributed by atoms with E-state index >= 15 is 0 Å². The molecule has 0 amide bonds. The number of allylic oxidation sites excluding steroid dienone is 6. The first-order valence-corrected chi connectivity index (χ1v) is 26.0. The minimum absolute atomic E-state index is 0.0676. The van der Waals surface area contributed by atoms with E-state index in [4.69, 9.17) is 9.47 Å². The van der Waals surface area contributed by atoms with Crippen molar-refractivity contribution in [3.05, 3.63) is 36.5 Å². The number of aliphatic hydroxyl groups excluding tert-OH is 1. The third-order valence-corrected chi connectivity index (χ3v) is 11.7. The molecule has 0 aromatic heterocycles. The van der Waals surface area contributed by atoms with E-state index in [1.54, 1.807) is 0 Å². The molecule has 0 fully saturated rings. The Hall–Kier alpha value is -1.88. The van der Waals surface area contributed by atoms with Crippen molar-refractivity contribution in [2.75, 3.05) is 13.2 Å². The zero-order valence-electron chi connectivity index (χ0n) is 39.5. The van der Waals surface area contributed by atoms with E-state index in [-0.39, 0.29) is 25.2 Å². The molecule has 59 heavy (non-hydrogen) atoms. The normalized spacial score (nSPS) is 12.4. The Morgan fingerprint density at radius 1 is 0.390 bits per heavy atom. The van der Waals surface area contributed by atoms with Gasteiger partial charge in [0.25, 0.3) is 0 Å². The number of carbonyl (C=O) groups excluding carboxylic acids is 2. The first-order valence-electron chi connectivity index (χ1n) is 26.0. The van der Waals surface area contributed by atoms with E-state index < -0.39 is 6.10 Å². The molecule has 0 aromatic carbocycles. The molecule has 0 saturated carbocycles. The molecule has 0 rings (SSSR count). The first kappa shape index (κ1) is 57.1. The Labute approximate surface area is 367 Å². The SMILES string of the molecule is CCCCC/C=C\C/C=C\C/C=C\CCCCCCCCC(=O)OC(CO)COC(=O)CCCCCCCCCCCCCCCCCCCCCCCCCCCC. The average Bonchev–Trinajstić information content (AvgIpc) is 3.24. The second kappa shape index (κ2) is 50.5. The zero-order chi connectivity index (χ0) is 42.8. The molecular formula is C54H100O5. The molecule has 1 atom stereocenters. The Kier molecular flexibility index (Phi) is 48.9.